The van der Waals surface area contributed by atoms with Crippen molar-refractivity contribution in [3.63, 3.8) is 0 Å². The van der Waals surface area contributed by atoms with Crippen molar-refractivity contribution in [2.75, 3.05) is 16.8 Å². The summed E-state index contributed by atoms with van der Waals surface area (Å²) in [4.78, 5) is 12.2. The Hall–Kier alpha value is -2.16. The number of carbonyl (C=O) groups is 1. The van der Waals surface area contributed by atoms with Crippen LogP contribution in [0.5, 0.6) is 0 Å². The van der Waals surface area contributed by atoms with Gasteiger partial charge in [0.2, 0.25) is 5.91 Å². The van der Waals surface area contributed by atoms with E-state index in [1.54, 1.807) is 12.1 Å². The predicted octanol–water partition coefficient (Wildman–Crippen LogP) is 5.08. The first-order chi connectivity index (χ1) is 12.3. The van der Waals surface area contributed by atoms with E-state index in [1.165, 1.54) is 29.6 Å². The van der Waals surface area contributed by atoms with Gasteiger partial charge in [-0.05, 0) is 53.3 Å². The third-order valence-corrected chi connectivity index (χ3v) is 6.76. The highest BCUT2D eigenvalue weighted by Crippen LogP contribution is 2.44. The number of benzene rings is 2. The lowest BCUT2D eigenvalue weighted by molar-refractivity contribution is -0.111. The average Bonchev–Trinajstić information content (AvgIpc) is 2.67. The van der Waals surface area contributed by atoms with Crippen LogP contribution in [0.15, 0.2) is 54.6 Å². The molecule has 1 N–H and O–H groups in total. The molecular formula is C20H18N2OS2. The van der Waals surface area contributed by atoms with Crippen molar-refractivity contribution in [2.45, 2.75) is 11.0 Å². The van der Waals surface area contributed by atoms with E-state index < -0.39 is 0 Å². The van der Waals surface area contributed by atoms with Crippen LogP contribution >= 0.6 is 23.5 Å². The van der Waals surface area contributed by atoms with Gasteiger partial charge < -0.3 is 5.32 Å². The summed E-state index contributed by atoms with van der Waals surface area (Å²) in [6, 6.07) is 17.4. The Labute approximate surface area is 156 Å². The smallest absolute Gasteiger partial charge is 0.248 e. The van der Waals surface area contributed by atoms with E-state index in [1.807, 2.05) is 59.9 Å². The highest BCUT2D eigenvalue weighted by molar-refractivity contribution is 8.16. The Morgan fingerprint density at radius 2 is 1.96 bits per heavy atom. The first-order valence-corrected chi connectivity index (χ1v) is 10.2. The topological polar surface area (TPSA) is 52.9 Å². The number of nitriles is 1. The van der Waals surface area contributed by atoms with Gasteiger partial charge in [-0.15, -0.1) is 23.5 Å². The summed E-state index contributed by atoms with van der Waals surface area (Å²) in [5, 5.41) is 12.0. The molecule has 3 rings (SSSR count). The number of nitrogens with one attached hydrogen (secondary N) is 1. The molecule has 0 aliphatic carbocycles. The zero-order valence-electron chi connectivity index (χ0n) is 13.6. The number of anilines is 1. The van der Waals surface area contributed by atoms with Crippen LogP contribution in [0.2, 0.25) is 0 Å². The van der Waals surface area contributed by atoms with Crippen molar-refractivity contribution in [1.29, 1.82) is 5.26 Å². The lowest BCUT2D eigenvalue weighted by atomic mass is 10.1. The fourth-order valence-electron chi connectivity index (χ4n) is 2.54. The van der Waals surface area contributed by atoms with Gasteiger partial charge >= 0.3 is 0 Å². The first-order valence-electron chi connectivity index (χ1n) is 8.07. The summed E-state index contributed by atoms with van der Waals surface area (Å²) < 4.78 is 0.448. The van der Waals surface area contributed by atoms with Crippen molar-refractivity contribution >= 4 is 41.2 Å². The van der Waals surface area contributed by atoms with E-state index in [0.717, 1.165) is 11.3 Å². The number of amides is 1. The van der Waals surface area contributed by atoms with Gasteiger partial charge in [0, 0.05) is 11.8 Å². The standard InChI is InChI=1S/C20H18N2OS2/c21-14-17-6-2-1-5-15(17)9-10-19(23)22-18-8-3-7-16(13-18)20-24-11-4-12-25-20/h1-3,5-10,13,20H,4,11-12H2,(H,22,23)/b10-9+. The summed E-state index contributed by atoms with van der Waals surface area (Å²) in [7, 11) is 0. The summed E-state index contributed by atoms with van der Waals surface area (Å²) in [5.41, 5.74) is 3.34. The fraction of sp³-hybridized carbons (Fsp3) is 0.200. The van der Waals surface area contributed by atoms with Crippen molar-refractivity contribution in [2.24, 2.45) is 0 Å². The minimum Gasteiger partial charge on any atom is -0.323 e. The third kappa shape index (κ3) is 4.91. The largest absolute Gasteiger partial charge is 0.323 e. The van der Waals surface area contributed by atoms with Crippen LogP contribution in [0, 0.1) is 11.3 Å². The quantitative estimate of drug-likeness (QED) is 0.767. The number of hydrogen-bond acceptors (Lipinski definition) is 4. The SMILES string of the molecule is N#Cc1ccccc1/C=C/C(=O)Nc1cccc(C2SCCCS2)c1. The van der Waals surface area contributed by atoms with Crippen LogP contribution in [-0.2, 0) is 4.79 Å². The van der Waals surface area contributed by atoms with Crippen LogP contribution in [0.25, 0.3) is 6.08 Å². The van der Waals surface area contributed by atoms with Crippen molar-refractivity contribution < 1.29 is 4.79 Å². The zero-order valence-corrected chi connectivity index (χ0v) is 15.3. The molecule has 1 saturated heterocycles. The van der Waals surface area contributed by atoms with Crippen molar-refractivity contribution in [1.82, 2.24) is 0 Å². The monoisotopic (exact) mass is 366 g/mol. The number of hydrogen-bond donors (Lipinski definition) is 1. The van der Waals surface area contributed by atoms with E-state index in [2.05, 4.69) is 17.5 Å². The van der Waals surface area contributed by atoms with Crippen LogP contribution in [0.4, 0.5) is 5.69 Å². The third-order valence-electron chi connectivity index (χ3n) is 3.75. The van der Waals surface area contributed by atoms with Gasteiger partial charge in [-0.25, -0.2) is 0 Å². The Morgan fingerprint density at radius 3 is 2.76 bits per heavy atom. The van der Waals surface area contributed by atoms with Crippen LogP contribution in [-0.4, -0.2) is 17.4 Å². The molecule has 2 aromatic rings. The summed E-state index contributed by atoms with van der Waals surface area (Å²) >= 11 is 3.92. The second kappa shape index (κ2) is 8.80. The molecule has 0 aromatic heterocycles. The Morgan fingerprint density at radius 1 is 1.16 bits per heavy atom. The average molecular weight is 367 g/mol. The number of thioether (sulfide) groups is 2. The van der Waals surface area contributed by atoms with Crippen molar-refractivity contribution in [3.05, 3.63) is 71.3 Å². The van der Waals surface area contributed by atoms with Gasteiger partial charge in [-0.2, -0.15) is 5.26 Å². The van der Waals surface area contributed by atoms with E-state index in [9.17, 15) is 4.79 Å². The van der Waals surface area contributed by atoms with Gasteiger partial charge in [-0.1, -0.05) is 30.3 Å². The van der Waals surface area contributed by atoms with Gasteiger partial charge in [0.15, 0.2) is 0 Å². The van der Waals surface area contributed by atoms with Gasteiger partial charge in [0.05, 0.1) is 16.2 Å². The molecule has 0 atom stereocenters. The number of rotatable bonds is 4. The molecule has 1 aliphatic rings. The maximum atomic E-state index is 12.2. The minimum absolute atomic E-state index is 0.200. The maximum absolute atomic E-state index is 12.2. The van der Waals surface area contributed by atoms with Crippen LogP contribution in [0.3, 0.4) is 0 Å². The van der Waals surface area contributed by atoms with Crippen LogP contribution < -0.4 is 5.32 Å². The molecule has 1 heterocycles. The van der Waals surface area contributed by atoms with Gasteiger partial charge in [0.25, 0.3) is 0 Å². The Bertz CT molecular complexity index is 820. The van der Waals surface area contributed by atoms with Gasteiger partial charge in [-0.3, -0.25) is 4.79 Å². The first kappa shape index (κ1) is 17.7. The molecule has 1 fully saturated rings. The maximum Gasteiger partial charge on any atom is 0.248 e. The molecule has 1 aliphatic heterocycles. The highest BCUT2D eigenvalue weighted by atomic mass is 32.2. The molecule has 2 aromatic carbocycles. The van der Waals surface area contributed by atoms with E-state index >= 15 is 0 Å². The second-order valence-corrected chi connectivity index (χ2v) is 8.30. The molecule has 0 radical (unpaired) electrons. The lowest BCUT2D eigenvalue weighted by Crippen LogP contribution is -2.08. The molecule has 0 spiro atoms. The molecule has 0 saturated carbocycles. The zero-order chi connectivity index (χ0) is 17.5. The summed E-state index contributed by atoms with van der Waals surface area (Å²) in [5.74, 6) is 2.18. The molecule has 3 nitrogen and oxygen atoms in total. The van der Waals surface area contributed by atoms with E-state index in [0.29, 0.717) is 10.1 Å². The number of carbonyl (C=O) groups excluding carboxylic acids is 1. The van der Waals surface area contributed by atoms with Crippen molar-refractivity contribution in [3.8, 4) is 6.07 Å². The van der Waals surface area contributed by atoms with E-state index in [-0.39, 0.29) is 5.91 Å². The molecular weight excluding hydrogens is 348 g/mol. The molecule has 25 heavy (non-hydrogen) atoms. The number of nitrogens with zero attached hydrogens (tertiary/aromatic N) is 1. The lowest BCUT2D eigenvalue weighted by Gasteiger charge is -2.21. The molecule has 0 unspecified atom stereocenters. The Balaban J connectivity index is 1.67. The molecule has 1 amide bonds. The molecule has 0 bridgehead atoms. The minimum atomic E-state index is -0.200. The fourth-order valence-corrected chi connectivity index (χ4v) is 5.41. The normalized spacial score (nSPS) is 15.0. The Kier molecular flexibility index (Phi) is 6.21. The summed E-state index contributed by atoms with van der Waals surface area (Å²) in [6.45, 7) is 0. The molecule has 5 heteroatoms. The molecule has 126 valence electrons. The van der Waals surface area contributed by atoms with E-state index in [4.69, 9.17) is 5.26 Å². The summed E-state index contributed by atoms with van der Waals surface area (Å²) in [6.07, 6.45) is 4.40. The second-order valence-electron chi connectivity index (χ2n) is 5.57. The highest BCUT2D eigenvalue weighted by Gasteiger charge is 2.16. The van der Waals surface area contributed by atoms with Gasteiger partial charge in [0.1, 0.15) is 0 Å². The van der Waals surface area contributed by atoms with Crippen LogP contribution in [0.1, 0.15) is 27.7 Å². The predicted molar refractivity (Wildman–Crippen MR) is 108 cm³/mol.